The van der Waals surface area contributed by atoms with Gasteiger partial charge in [0.25, 0.3) is 0 Å². The summed E-state index contributed by atoms with van der Waals surface area (Å²) < 4.78 is 4.46. The lowest BCUT2D eigenvalue weighted by Crippen LogP contribution is -1.77. The van der Waals surface area contributed by atoms with E-state index in [1.165, 1.54) is 13.5 Å². The van der Waals surface area contributed by atoms with Gasteiger partial charge in [0, 0.05) is 0 Å². The Bertz CT molecular complexity index is 70.1. The Morgan fingerprint density at radius 2 is 2.57 bits per heavy atom. The molecule has 0 aromatic carbocycles. The number of nitrogens with zero attached hydrogens (tertiary/aromatic N) is 2. The summed E-state index contributed by atoms with van der Waals surface area (Å²) >= 11 is 0. The van der Waals surface area contributed by atoms with E-state index in [4.69, 9.17) is 0 Å². The summed E-state index contributed by atoms with van der Waals surface area (Å²) in [4.78, 5) is 7.08. The Morgan fingerprint density at radius 1 is 1.86 bits per heavy atom. The van der Waals surface area contributed by atoms with Crippen molar-refractivity contribution in [1.82, 2.24) is 0 Å². The molecule has 0 spiro atoms. The first-order valence-electron chi connectivity index (χ1n) is 1.85. The predicted molar refractivity (Wildman–Crippen MR) is 29.9 cm³/mol. The average molecular weight is 100 g/mol. The molecule has 0 aliphatic carbocycles. The second-order valence-corrected chi connectivity index (χ2v) is 0.889. The molecule has 3 heteroatoms. The first kappa shape index (κ1) is 6.14. The predicted octanol–water partition coefficient (Wildman–Crippen LogP) is 0.319. The van der Waals surface area contributed by atoms with Gasteiger partial charge in [-0.3, -0.25) is 4.99 Å². The molecule has 0 atom stereocenters. The summed E-state index contributed by atoms with van der Waals surface area (Å²) in [7, 11) is 1.53. The van der Waals surface area contributed by atoms with Crippen molar-refractivity contribution >= 4 is 13.1 Å². The van der Waals surface area contributed by atoms with Crippen LogP contribution in [0.2, 0.25) is 0 Å². The molecule has 7 heavy (non-hydrogen) atoms. The van der Waals surface area contributed by atoms with Crippen molar-refractivity contribution in [3.05, 3.63) is 0 Å². The van der Waals surface area contributed by atoms with E-state index in [9.17, 15) is 0 Å². The van der Waals surface area contributed by atoms with Crippen LogP contribution < -0.4 is 0 Å². The highest BCUT2D eigenvalue weighted by molar-refractivity contribution is 5.45. The van der Waals surface area contributed by atoms with Gasteiger partial charge in [-0.05, 0) is 6.72 Å². The van der Waals surface area contributed by atoms with E-state index >= 15 is 0 Å². The lowest BCUT2D eigenvalue weighted by atomic mass is 11.1. The van der Waals surface area contributed by atoms with Gasteiger partial charge in [-0.2, -0.15) is 0 Å². The molecule has 0 saturated carbocycles. The smallest absolute Gasteiger partial charge is 0.170 e. The minimum atomic E-state index is 0.383. The SMILES string of the molecule is C=NCN=COC. The normalized spacial score (nSPS) is 9.29. The van der Waals surface area contributed by atoms with Crippen LogP contribution in [0, 0.1) is 0 Å². The summed E-state index contributed by atoms with van der Waals surface area (Å²) in [5.41, 5.74) is 0. The van der Waals surface area contributed by atoms with E-state index in [1.807, 2.05) is 0 Å². The van der Waals surface area contributed by atoms with Crippen LogP contribution in [-0.2, 0) is 4.74 Å². The fourth-order valence-corrected chi connectivity index (χ4v) is 0.166. The molecule has 0 aromatic rings. The van der Waals surface area contributed by atoms with Gasteiger partial charge in [0.05, 0.1) is 7.11 Å². The number of hydrogen-bond donors (Lipinski definition) is 0. The third kappa shape index (κ3) is 5.14. The third-order valence-electron chi connectivity index (χ3n) is 0.362. The third-order valence-corrected chi connectivity index (χ3v) is 0.362. The fourth-order valence-electron chi connectivity index (χ4n) is 0.166. The molecule has 0 radical (unpaired) electrons. The number of aliphatic imine (C=N–C) groups is 2. The molecular formula is C4H8N2O. The van der Waals surface area contributed by atoms with Gasteiger partial charge < -0.3 is 4.74 Å². The molecule has 0 amide bonds. The molecule has 0 aliphatic heterocycles. The number of rotatable bonds is 3. The van der Waals surface area contributed by atoms with Crippen molar-refractivity contribution < 1.29 is 4.74 Å². The zero-order chi connectivity index (χ0) is 5.54. The maximum absolute atomic E-state index is 4.46. The maximum atomic E-state index is 4.46. The summed E-state index contributed by atoms with van der Waals surface area (Å²) in [6, 6.07) is 0. The lowest BCUT2D eigenvalue weighted by Gasteiger charge is -1.81. The highest BCUT2D eigenvalue weighted by Gasteiger charge is 1.61. The zero-order valence-corrected chi connectivity index (χ0v) is 4.29. The number of methoxy groups -OCH3 is 1. The molecule has 40 valence electrons. The van der Waals surface area contributed by atoms with Crippen molar-refractivity contribution in [2.75, 3.05) is 13.8 Å². The van der Waals surface area contributed by atoms with Gasteiger partial charge in [0.15, 0.2) is 6.40 Å². The molecule has 0 heterocycles. The maximum Gasteiger partial charge on any atom is 0.170 e. The topological polar surface area (TPSA) is 34.0 Å². The fraction of sp³-hybridized carbons (Fsp3) is 0.500. The molecule has 0 rings (SSSR count). The van der Waals surface area contributed by atoms with Crippen molar-refractivity contribution in [3.8, 4) is 0 Å². The molecule has 0 fully saturated rings. The molecule has 0 aliphatic rings. The van der Waals surface area contributed by atoms with Gasteiger partial charge in [-0.25, -0.2) is 4.99 Å². The zero-order valence-electron chi connectivity index (χ0n) is 4.29. The van der Waals surface area contributed by atoms with Crippen LogP contribution in [-0.4, -0.2) is 26.9 Å². The molecule has 3 nitrogen and oxygen atoms in total. The summed E-state index contributed by atoms with van der Waals surface area (Å²) in [5, 5.41) is 0. The van der Waals surface area contributed by atoms with Gasteiger partial charge >= 0.3 is 0 Å². The van der Waals surface area contributed by atoms with Crippen LogP contribution in [0.15, 0.2) is 9.98 Å². The van der Waals surface area contributed by atoms with Crippen LogP contribution in [0.3, 0.4) is 0 Å². The monoisotopic (exact) mass is 100 g/mol. The van der Waals surface area contributed by atoms with E-state index in [-0.39, 0.29) is 0 Å². The van der Waals surface area contributed by atoms with E-state index in [0.29, 0.717) is 6.67 Å². The molecule has 0 aromatic heterocycles. The molecule has 0 saturated heterocycles. The summed E-state index contributed by atoms with van der Waals surface area (Å²) in [6.45, 7) is 3.60. The number of ether oxygens (including phenoxy) is 1. The van der Waals surface area contributed by atoms with Crippen molar-refractivity contribution in [2.24, 2.45) is 9.98 Å². The lowest BCUT2D eigenvalue weighted by molar-refractivity contribution is 0.421. The van der Waals surface area contributed by atoms with Gasteiger partial charge in [-0.15, -0.1) is 0 Å². The Morgan fingerprint density at radius 3 is 3.00 bits per heavy atom. The molecule has 0 N–H and O–H groups in total. The number of hydrogen-bond acceptors (Lipinski definition) is 3. The van der Waals surface area contributed by atoms with Crippen molar-refractivity contribution in [3.63, 3.8) is 0 Å². The van der Waals surface area contributed by atoms with Crippen molar-refractivity contribution in [1.29, 1.82) is 0 Å². The molecule has 0 bridgehead atoms. The van der Waals surface area contributed by atoms with Crippen LogP contribution in [0.5, 0.6) is 0 Å². The van der Waals surface area contributed by atoms with Gasteiger partial charge in [0.2, 0.25) is 0 Å². The minimum absolute atomic E-state index is 0.383. The first-order valence-corrected chi connectivity index (χ1v) is 1.85. The van der Waals surface area contributed by atoms with E-state index in [0.717, 1.165) is 0 Å². The highest BCUT2D eigenvalue weighted by Crippen LogP contribution is 1.65. The molecule has 0 unspecified atom stereocenters. The van der Waals surface area contributed by atoms with Crippen LogP contribution in [0.1, 0.15) is 0 Å². The Labute approximate surface area is 42.7 Å². The quantitative estimate of drug-likeness (QED) is 0.371. The van der Waals surface area contributed by atoms with E-state index < -0.39 is 0 Å². The van der Waals surface area contributed by atoms with Crippen LogP contribution in [0.25, 0.3) is 0 Å². The minimum Gasteiger partial charge on any atom is -0.487 e. The highest BCUT2D eigenvalue weighted by atomic mass is 16.5. The second kappa shape index (κ2) is 5.14. The van der Waals surface area contributed by atoms with E-state index in [2.05, 4.69) is 21.4 Å². The molecular weight excluding hydrogens is 92.1 g/mol. The van der Waals surface area contributed by atoms with E-state index in [1.54, 1.807) is 0 Å². The second-order valence-electron chi connectivity index (χ2n) is 0.889. The van der Waals surface area contributed by atoms with Gasteiger partial charge in [0.1, 0.15) is 6.67 Å². The van der Waals surface area contributed by atoms with Crippen LogP contribution >= 0.6 is 0 Å². The largest absolute Gasteiger partial charge is 0.487 e. The Hall–Kier alpha value is -0.860. The summed E-state index contributed by atoms with van der Waals surface area (Å²) in [6.07, 6.45) is 1.33. The van der Waals surface area contributed by atoms with Crippen molar-refractivity contribution in [2.45, 2.75) is 0 Å². The Balaban J connectivity index is 2.92. The standard InChI is InChI=1S/C4H8N2O/c1-5-3-6-4-7-2/h4H,1,3H2,2H3. The Kier molecular flexibility index (Phi) is 4.51. The first-order chi connectivity index (χ1) is 3.41. The van der Waals surface area contributed by atoms with Crippen LogP contribution in [0.4, 0.5) is 0 Å². The summed E-state index contributed by atoms with van der Waals surface area (Å²) in [5.74, 6) is 0. The van der Waals surface area contributed by atoms with Gasteiger partial charge in [-0.1, -0.05) is 0 Å². The average Bonchev–Trinajstić information content (AvgIpc) is 1.69.